The van der Waals surface area contributed by atoms with Crippen molar-refractivity contribution in [1.29, 1.82) is 0 Å². The number of fused-ring (bicyclic) bond motifs is 3. The lowest BCUT2D eigenvalue weighted by Gasteiger charge is -2.44. The number of ether oxygens (including phenoxy) is 1. The van der Waals surface area contributed by atoms with Gasteiger partial charge in [0.2, 0.25) is 0 Å². The van der Waals surface area contributed by atoms with Crippen LogP contribution in [0, 0.1) is 17.3 Å². The highest BCUT2D eigenvalue weighted by Crippen LogP contribution is 2.62. The molecule has 2 aromatic rings. The van der Waals surface area contributed by atoms with Gasteiger partial charge in [-0.2, -0.15) is 0 Å². The molecule has 1 aromatic heterocycles. The van der Waals surface area contributed by atoms with Crippen LogP contribution in [-0.2, 0) is 16.8 Å². The molecule has 1 aliphatic heterocycles. The van der Waals surface area contributed by atoms with E-state index >= 15 is 0 Å². The van der Waals surface area contributed by atoms with Gasteiger partial charge in [-0.1, -0.05) is 30.9 Å². The van der Waals surface area contributed by atoms with E-state index in [4.69, 9.17) is 20.5 Å². The largest absolute Gasteiger partial charge is 0.382 e. The van der Waals surface area contributed by atoms with Crippen LogP contribution in [0.5, 0.6) is 0 Å². The minimum Gasteiger partial charge on any atom is -0.382 e. The number of aromatic nitrogens is 1. The summed E-state index contributed by atoms with van der Waals surface area (Å²) in [6, 6.07) is 8.82. The van der Waals surface area contributed by atoms with E-state index in [2.05, 4.69) is 48.0 Å². The van der Waals surface area contributed by atoms with Crippen molar-refractivity contribution in [3.05, 3.63) is 53.3 Å². The van der Waals surface area contributed by atoms with Crippen molar-refractivity contribution >= 4 is 11.5 Å². The van der Waals surface area contributed by atoms with Gasteiger partial charge in [-0.05, 0) is 62.3 Å². The number of benzene rings is 1. The number of hydrogen-bond donors (Lipinski definition) is 1. The first kappa shape index (κ1) is 20.9. The van der Waals surface area contributed by atoms with E-state index in [-0.39, 0.29) is 5.41 Å². The van der Waals surface area contributed by atoms with E-state index in [0.29, 0.717) is 11.9 Å². The Bertz CT molecular complexity index is 1160. The summed E-state index contributed by atoms with van der Waals surface area (Å²) in [7, 11) is 1.81. The fourth-order valence-electron chi connectivity index (χ4n) is 5.71. The van der Waals surface area contributed by atoms with Gasteiger partial charge >= 0.3 is 0 Å². The molecule has 1 unspecified atom stereocenters. The van der Waals surface area contributed by atoms with E-state index in [1.54, 1.807) is 0 Å². The van der Waals surface area contributed by atoms with E-state index < -0.39 is 5.66 Å². The lowest BCUT2D eigenvalue weighted by atomic mass is 9.65. The molecular formula is C27H30N4O. The highest BCUT2D eigenvalue weighted by molar-refractivity contribution is 6.41. The van der Waals surface area contributed by atoms with Gasteiger partial charge in [0.1, 0.15) is 5.84 Å². The molecule has 0 saturated heterocycles. The predicted molar refractivity (Wildman–Crippen MR) is 129 cm³/mol. The number of nitrogens with two attached hydrogens (primary N) is 1. The lowest BCUT2D eigenvalue weighted by Crippen LogP contribution is -2.43. The molecule has 1 aromatic carbocycles. The molecule has 5 heteroatoms. The molecule has 2 spiro atoms. The molecule has 2 heterocycles. The Hall–Kier alpha value is -2.97. The summed E-state index contributed by atoms with van der Waals surface area (Å²) in [6.45, 7) is 4.03. The number of rotatable bonds is 2. The third kappa shape index (κ3) is 3.17. The third-order valence-corrected chi connectivity index (χ3v) is 7.44. The maximum absolute atomic E-state index is 6.32. The zero-order valence-corrected chi connectivity index (χ0v) is 19.1. The van der Waals surface area contributed by atoms with Crippen LogP contribution in [0.3, 0.4) is 0 Å². The average molecular weight is 427 g/mol. The molecule has 1 atom stereocenters. The number of methoxy groups -OCH3 is 1. The Labute approximate surface area is 190 Å². The van der Waals surface area contributed by atoms with Gasteiger partial charge in [-0.3, -0.25) is 9.98 Å². The number of hydrogen-bond acceptors (Lipinski definition) is 5. The van der Waals surface area contributed by atoms with Crippen LogP contribution in [0.2, 0.25) is 0 Å². The fourth-order valence-corrected chi connectivity index (χ4v) is 5.71. The molecule has 5 nitrogen and oxygen atoms in total. The van der Waals surface area contributed by atoms with Crippen molar-refractivity contribution in [1.82, 2.24) is 4.98 Å². The number of pyridine rings is 1. The summed E-state index contributed by atoms with van der Waals surface area (Å²) in [6.07, 6.45) is 9.99. The van der Waals surface area contributed by atoms with Crippen molar-refractivity contribution in [2.75, 3.05) is 7.11 Å². The van der Waals surface area contributed by atoms with Gasteiger partial charge in [0.25, 0.3) is 0 Å². The smallest absolute Gasteiger partial charge is 0.184 e. The number of aliphatic imine (C=N–C) groups is 2. The summed E-state index contributed by atoms with van der Waals surface area (Å²) in [5.74, 6) is 6.89. The third-order valence-electron chi connectivity index (χ3n) is 7.44. The van der Waals surface area contributed by atoms with E-state index in [0.717, 1.165) is 60.9 Å². The van der Waals surface area contributed by atoms with Gasteiger partial charge in [0, 0.05) is 48.0 Å². The number of nitrogens with zero attached hydrogens (tertiary/aromatic N) is 3. The van der Waals surface area contributed by atoms with Crippen LogP contribution in [0.1, 0.15) is 62.6 Å². The first-order valence-electron chi connectivity index (χ1n) is 11.5. The normalized spacial score (nSPS) is 28.3. The Morgan fingerprint density at radius 3 is 2.62 bits per heavy atom. The first-order chi connectivity index (χ1) is 15.5. The second-order valence-corrected chi connectivity index (χ2v) is 9.25. The highest BCUT2D eigenvalue weighted by atomic mass is 16.5. The molecular weight excluding hydrogens is 396 g/mol. The highest BCUT2D eigenvalue weighted by Gasteiger charge is 2.60. The summed E-state index contributed by atoms with van der Waals surface area (Å²) in [4.78, 5) is 14.7. The quantitative estimate of drug-likeness (QED) is 0.712. The van der Waals surface area contributed by atoms with E-state index in [9.17, 15) is 0 Å². The maximum Gasteiger partial charge on any atom is 0.184 e. The molecule has 0 radical (unpaired) electrons. The van der Waals surface area contributed by atoms with Crippen molar-refractivity contribution in [3.8, 4) is 23.0 Å². The monoisotopic (exact) mass is 426 g/mol. The second kappa shape index (κ2) is 7.86. The first-order valence-corrected chi connectivity index (χ1v) is 11.5. The Balaban J connectivity index is 1.61. The molecule has 32 heavy (non-hydrogen) atoms. The SMILES string of the molecule is CCC#Cc1cncc(-c2ccc3c(c2)C2(N=C(C)C(N)=N2)C2(CCC(OC)CC2)C3)c1. The zero-order valence-electron chi connectivity index (χ0n) is 19.1. The summed E-state index contributed by atoms with van der Waals surface area (Å²) in [5.41, 5.74) is 12.1. The molecule has 164 valence electrons. The van der Waals surface area contributed by atoms with E-state index in [1.807, 2.05) is 26.4 Å². The predicted octanol–water partition coefficient (Wildman–Crippen LogP) is 4.63. The number of amidine groups is 1. The zero-order chi connectivity index (χ0) is 22.3. The van der Waals surface area contributed by atoms with Crippen LogP contribution in [0.25, 0.3) is 11.1 Å². The topological polar surface area (TPSA) is 72.9 Å². The Kier molecular flexibility index (Phi) is 5.14. The summed E-state index contributed by atoms with van der Waals surface area (Å²) < 4.78 is 5.67. The Morgan fingerprint density at radius 1 is 1.12 bits per heavy atom. The lowest BCUT2D eigenvalue weighted by molar-refractivity contribution is -0.000372. The van der Waals surface area contributed by atoms with Crippen molar-refractivity contribution in [2.45, 2.75) is 64.1 Å². The minimum absolute atomic E-state index is 0.0436. The second-order valence-electron chi connectivity index (χ2n) is 9.25. The van der Waals surface area contributed by atoms with Gasteiger partial charge in [-0.15, -0.1) is 0 Å². The standard InChI is InChI=1S/C27H30N4O/c1-4-5-6-19-13-22(17-29-16-19)20-7-8-21-15-26(11-9-23(32-3)10-12-26)27(24(21)14-20)30-18(2)25(28)31-27/h7-8,13-14,16-17,23H,4,9-12,15H2,1-3H3,(H2,28,31). The van der Waals surface area contributed by atoms with Crippen LogP contribution in [-0.4, -0.2) is 29.7 Å². The van der Waals surface area contributed by atoms with Crippen LogP contribution < -0.4 is 5.73 Å². The average Bonchev–Trinajstić information content (AvgIpc) is 3.26. The molecule has 2 N–H and O–H groups in total. The molecule has 2 aliphatic carbocycles. The molecule has 5 rings (SSSR count). The summed E-state index contributed by atoms with van der Waals surface area (Å²) >= 11 is 0. The van der Waals surface area contributed by atoms with Gasteiger partial charge in [0.05, 0.1) is 11.8 Å². The molecule has 3 aliphatic rings. The fraction of sp³-hybridized carbons (Fsp3) is 0.444. The van der Waals surface area contributed by atoms with Gasteiger partial charge in [0.15, 0.2) is 5.66 Å². The minimum atomic E-state index is -0.627. The van der Waals surface area contributed by atoms with Crippen LogP contribution in [0.15, 0.2) is 46.6 Å². The maximum atomic E-state index is 6.32. The van der Waals surface area contributed by atoms with Crippen molar-refractivity contribution in [2.24, 2.45) is 21.1 Å². The van der Waals surface area contributed by atoms with Crippen LogP contribution in [0.4, 0.5) is 0 Å². The summed E-state index contributed by atoms with van der Waals surface area (Å²) in [5, 5.41) is 0. The molecule has 0 amide bonds. The van der Waals surface area contributed by atoms with E-state index in [1.165, 1.54) is 11.1 Å². The molecule has 1 saturated carbocycles. The van der Waals surface area contributed by atoms with Crippen molar-refractivity contribution in [3.63, 3.8) is 0 Å². The van der Waals surface area contributed by atoms with Gasteiger partial charge < -0.3 is 10.5 Å². The Morgan fingerprint density at radius 2 is 1.94 bits per heavy atom. The van der Waals surface area contributed by atoms with Crippen molar-refractivity contribution < 1.29 is 4.74 Å². The van der Waals surface area contributed by atoms with Gasteiger partial charge in [-0.25, -0.2) is 4.99 Å². The molecule has 0 bridgehead atoms. The molecule has 1 fully saturated rings. The van der Waals surface area contributed by atoms with Crippen LogP contribution >= 0.6 is 0 Å².